The van der Waals surface area contributed by atoms with Gasteiger partial charge < -0.3 is 5.32 Å². The van der Waals surface area contributed by atoms with E-state index in [2.05, 4.69) is 17.9 Å². The third kappa shape index (κ3) is 4.42. The molecule has 0 spiro atoms. The van der Waals surface area contributed by atoms with Crippen LogP contribution in [-0.4, -0.2) is 13.1 Å². The number of benzene rings is 1. The molecule has 0 aliphatic carbocycles. The average molecular weight is 181 g/mol. The van der Waals surface area contributed by atoms with Crippen molar-refractivity contribution in [3.05, 3.63) is 30.3 Å². The standard InChI is InChI=1S/C6H6S.C4H9N/c7-6-4-2-1-3-5-6;1-2-4-5-3-1/h1-5,7H;5H,1-4H2. The van der Waals surface area contributed by atoms with E-state index in [0.717, 1.165) is 4.90 Å². The molecule has 1 heterocycles. The Bertz CT molecular complexity index is 187. The zero-order valence-corrected chi connectivity index (χ0v) is 8.06. The van der Waals surface area contributed by atoms with Crippen LogP contribution in [0.1, 0.15) is 12.8 Å². The van der Waals surface area contributed by atoms with E-state index in [9.17, 15) is 0 Å². The maximum absolute atomic E-state index is 4.08. The van der Waals surface area contributed by atoms with Crippen LogP contribution >= 0.6 is 12.6 Å². The molecule has 2 rings (SSSR count). The van der Waals surface area contributed by atoms with Gasteiger partial charge in [-0.15, -0.1) is 12.6 Å². The zero-order valence-electron chi connectivity index (χ0n) is 7.16. The number of thiol groups is 1. The van der Waals surface area contributed by atoms with Gasteiger partial charge in [-0.3, -0.25) is 0 Å². The lowest BCUT2D eigenvalue weighted by Crippen LogP contribution is -2.03. The highest BCUT2D eigenvalue weighted by molar-refractivity contribution is 7.80. The second-order valence-corrected chi connectivity index (χ2v) is 3.31. The molecule has 0 radical (unpaired) electrons. The van der Waals surface area contributed by atoms with Gasteiger partial charge >= 0.3 is 0 Å². The lowest BCUT2D eigenvalue weighted by molar-refractivity contribution is 0.857. The van der Waals surface area contributed by atoms with Gasteiger partial charge in [0.2, 0.25) is 0 Å². The summed E-state index contributed by atoms with van der Waals surface area (Å²) in [5.74, 6) is 0. The van der Waals surface area contributed by atoms with Crippen LogP contribution in [0.25, 0.3) is 0 Å². The van der Waals surface area contributed by atoms with E-state index in [-0.39, 0.29) is 0 Å². The molecule has 1 fully saturated rings. The third-order valence-electron chi connectivity index (χ3n) is 1.71. The molecular weight excluding hydrogens is 166 g/mol. The van der Waals surface area contributed by atoms with Gasteiger partial charge in [-0.2, -0.15) is 0 Å². The van der Waals surface area contributed by atoms with Crippen LogP contribution in [0.3, 0.4) is 0 Å². The summed E-state index contributed by atoms with van der Waals surface area (Å²) in [5.41, 5.74) is 0. The van der Waals surface area contributed by atoms with Crippen molar-refractivity contribution >= 4 is 12.6 Å². The Labute approximate surface area is 79.6 Å². The quantitative estimate of drug-likeness (QED) is 0.585. The van der Waals surface area contributed by atoms with Crippen LogP contribution in [0.5, 0.6) is 0 Å². The largest absolute Gasteiger partial charge is 0.317 e. The highest BCUT2D eigenvalue weighted by Crippen LogP contribution is 2.00. The molecule has 1 aromatic carbocycles. The molecule has 0 bridgehead atoms. The van der Waals surface area contributed by atoms with Crippen molar-refractivity contribution in [3.8, 4) is 0 Å². The minimum absolute atomic E-state index is 1.02. The van der Waals surface area contributed by atoms with Crippen LogP contribution in [0.4, 0.5) is 0 Å². The summed E-state index contributed by atoms with van der Waals surface area (Å²) in [6, 6.07) is 9.79. The van der Waals surface area contributed by atoms with Crippen molar-refractivity contribution < 1.29 is 0 Å². The van der Waals surface area contributed by atoms with Crippen LogP contribution in [-0.2, 0) is 0 Å². The number of hydrogen-bond acceptors (Lipinski definition) is 2. The molecule has 1 aliphatic rings. The van der Waals surface area contributed by atoms with E-state index < -0.39 is 0 Å². The molecule has 0 saturated carbocycles. The predicted octanol–water partition coefficient (Wildman–Crippen LogP) is 2.35. The fraction of sp³-hybridized carbons (Fsp3) is 0.400. The predicted molar refractivity (Wildman–Crippen MR) is 55.8 cm³/mol. The van der Waals surface area contributed by atoms with Crippen molar-refractivity contribution in [1.29, 1.82) is 0 Å². The summed E-state index contributed by atoms with van der Waals surface area (Å²) in [5, 5.41) is 3.22. The van der Waals surface area contributed by atoms with Crippen molar-refractivity contribution in [2.75, 3.05) is 13.1 Å². The smallest absolute Gasteiger partial charge is 0.00399 e. The van der Waals surface area contributed by atoms with Gasteiger partial charge in [0.05, 0.1) is 0 Å². The van der Waals surface area contributed by atoms with Gasteiger partial charge in [0.15, 0.2) is 0 Å². The first-order valence-corrected chi connectivity index (χ1v) is 4.79. The first kappa shape index (κ1) is 9.62. The van der Waals surface area contributed by atoms with E-state index in [1.807, 2.05) is 30.3 Å². The molecule has 1 nitrogen and oxygen atoms in total. The van der Waals surface area contributed by atoms with E-state index in [1.165, 1.54) is 25.9 Å². The molecule has 0 atom stereocenters. The Morgan fingerprint density at radius 3 is 1.83 bits per heavy atom. The second-order valence-electron chi connectivity index (χ2n) is 2.79. The highest BCUT2D eigenvalue weighted by Gasteiger charge is 1.93. The summed E-state index contributed by atoms with van der Waals surface area (Å²) < 4.78 is 0. The van der Waals surface area contributed by atoms with Crippen molar-refractivity contribution in [3.63, 3.8) is 0 Å². The van der Waals surface area contributed by atoms with E-state index in [4.69, 9.17) is 0 Å². The summed E-state index contributed by atoms with van der Waals surface area (Å²) in [6.07, 6.45) is 2.78. The van der Waals surface area contributed by atoms with Gasteiger partial charge in [0, 0.05) is 4.90 Å². The van der Waals surface area contributed by atoms with Crippen LogP contribution in [0.2, 0.25) is 0 Å². The lowest BCUT2D eigenvalue weighted by atomic mass is 10.4. The summed E-state index contributed by atoms with van der Waals surface area (Å²) in [4.78, 5) is 1.02. The fourth-order valence-electron chi connectivity index (χ4n) is 1.05. The second kappa shape index (κ2) is 6.09. The molecule has 1 N–H and O–H groups in total. The van der Waals surface area contributed by atoms with Gasteiger partial charge in [0.25, 0.3) is 0 Å². The fourth-order valence-corrected chi connectivity index (χ4v) is 1.23. The van der Waals surface area contributed by atoms with E-state index >= 15 is 0 Å². The first-order chi connectivity index (χ1) is 5.89. The van der Waals surface area contributed by atoms with Crippen molar-refractivity contribution in [2.24, 2.45) is 0 Å². The van der Waals surface area contributed by atoms with Crippen molar-refractivity contribution in [1.82, 2.24) is 5.32 Å². The maximum Gasteiger partial charge on any atom is 0.00399 e. The first-order valence-electron chi connectivity index (χ1n) is 4.34. The zero-order chi connectivity index (χ0) is 8.65. The summed E-state index contributed by atoms with van der Waals surface area (Å²) in [7, 11) is 0. The van der Waals surface area contributed by atoms with Gasteiger partial charge in [-0.1, -0.05) is 18.2 Å². The minimum Gasteiger partial charge on any atom is -0.317 e. The molecule has 2 heteroatoms. The molecule has 66 valence electrons. The molecule has 0 amide bonds. The normalized spacial score (nSPS) is 15.1. The minimum atomic E-state index is 1.02. The van der Waals surface area contributed by atoms with Crippen LogP contribution < -0.4 is 5.32 Å². The summed E-state index contributed by atoms with van der Waals surface area (Å²) >= 11 is 4.08. The van der Waals surface area contributed by atoms with Crippen molar-refractivity contribution in [2.45, 2.75) is 17.7 Å². The van der Waals surface area contributed by atoms with Gasteiger partial charge in [-0.25, -0.2) is 0 Å². The van der Waals surface area contributed by atoms with Gasteiger partial charge in [-0.05, 0) is 38.1 Å². The Morgan fingerprint density at radius 1 is 1.00 bits per heavy atom. The Morgan fingerprint density at radius 2 is 1.58 bits per heavy atom. The highest BCUT2D eigenvalue weighted by atomic mass is 32.1. The Kier molecular flexibility index (Phi) is 4.88. The van der Waals surface area contributed by atoms with Gasteiger partial charge in [0.1, 0.15) is 0 Å². The summed E-state index contributed by atoms with van der Waals surface area (Å²) in [6.45, 7) is 2.50. The molecule has 1 aromatic rings. The number of nitrogens with one attached hydrogen (secondary N) is 1. The topological polar surface area (TPSA) is 12.0 Å². The van der Waals surface area contributed by atoms with Crippen LogP contribution in [0.15, 0.2) is 35.2 Å². The SMILES string of the molecule is C1CCNC1.Sc1ccccc1. The average Bonchev–Trinajstić information content (AvgIpc) is 2.62. The molecule has 0 unspecified atom stereocenters. The lowest BCUT2D eigenvalue weighted by Gasteiger charge is -1.81. The molecule has 1 aliphatic heterocycles. The van der Waals surface area contributed by atoms with E-state index in [0.29, 0.717) is 0 Å². The maximum atomic E-state index is 4.08. The molecule has 0 aromatic heterocycles. The third-order valence-corrected chi connectivity index (χ3v) is 2.01. The number of hydrogen-bond donors (Lipinski definition) is 2. The monoisotopic (exact) mass is 181 g/mol. The molecular formula is C10H15NS. The van der Waals surface area contributed by atoms with Crippen LogP contribution in [0, 0.1) is 0 Å². The van der Waals surface area contributed by atoms with E-state index in [1.54, 1.807) is 0 Å². The Balaban J connectivity index is 0.000000127. The molecule has 1 saturated heterocycles. The molecule has 12 heavy (non-hydrogen) atoms. The Hall–Kier alpha value is -0.470. The number of rotatable bonds is 0.